The van der Waals surface area contributed by atoms with E-state index >= 15 is 0 Å². The maximum Gasteiger partial charge on any atom is 0.112 e. The van der Waals surface area contributed by atoms with Crippen LogP contribution in [0.5, 0.6) is 0 Å². The van der Waals surface area contributed by atoms with Crippen LogP contribution in [0.3, 0.4) is 0 Å². The fourth-order valence-corrected chi connectivity index (χ4v) is 4.01. The minimum absolute atomic E-state index is 0.469. The van der Waals surface area contributed by atoms with Crippen molar-refractivity contribution in [2.75, 3.05) is 0 Å². The van der Waals surface area contributed by atoms with Crippen LogP contribution in [-0.2, 0) is 0 Å². The van der Waals surface area contributed by atoms with Gasteiger partial charge in [-0.1, -0.05) is 12.2 Å². The van der Waals surface area contributed by atoms with Crippen molar-refractivity contribution >= 4 is 17.1 Å². The molecule has 0 aromatic carbocycles. The van der Waals surface area contributed by atoms with Crippen LogP contribution >= 0.6 is 12.2 Å². The molecule has 4 atom stereocenters. The van der Waals surface area contributed by atoms with Gasteiger partial charge in [0.05, 0.1) is 0 Å². The highest BCUT2D eigenvalue weighted by Gasteiger charge is 2.53. The van der Waals surface area contributed by atoms with Gasteiger partial charge in [0.25, 0.3) is 0 Å². The molecule has 4 saturated carbocycles. The predicted octanol–water partition coefficient (Wildman–Crippen LogP) is 2.90. The molecular formula is C10H13FS. The summed E-state index contributed by atoms with van der Waals surface area (Å²) in [6.07, 6.45) is 4.72. The van der Waals surface area contributed by atoms with Crippen molar-refractivity contribution in [1.82, 2.24) is 0 Å². The van der Waals surface area contributed by atoms with E-state index < -0.39 is 5.67 Å². The summed E-state index contributed by atoms with van der Waals surface area (Å²) in [5.41, 5.74) is -0.807. The third kappa shape index (κ3) is 0.847. The lowest BCUT2D eigenvalue weighted by Crippen LogP contribution is -2.52. The maximum absolute atomic E-state index is 14.0. The van der Waals surface area contributed by atoms with Gasteiger partial charge in [-0.2, -0.15) is 0 Å². The summed E-state index contributed by atoms with van der Waals surface area (Å²) in [6, 6.07) is 0. The van der Waals surface area contributed by atoms with Crippen LogP contribution < -0.4 is 0 Å². The number of alkyl halides is 1. The highest BCUT2D eigenvalue weighted by atomic mass is 32.1. The predicted molar refractivity (Wildman–Crippen MR) is 50.0 cm³/mol. The van der Waals surface area contributed by atoms with E-state index in [1.165, 1.54) is 17.7 Å². The van der Waals surface area contributed by atoms with Crippen LogP contribution in [0.4, 0.5) is 4.39 Å². The maximum atomic E-state index is 14.0. The zero-order valence-corrected chi connectivity index (χ0v) is 7.87. The first-order chi connectivity index (χ1) is 5.66. The lowest BCUT2D eigenvalue weighted by molar-refractivity contribution is -0.0152. The Bertz CT molecular complexity index is 230. The second-order valence-electron chi connectivity index (χ2n) is 4.90. The molecule has 4 rings (SSSR count). The summed E-state index contributed by atoms with van der Waals surface area (Å²) in [7, 11) is 0. The zero-order chi connectivity index (χ0) is 8.34. The van der Waals surface area contributed by atoms with Gasteiger partial charge in [-0.25, -0.2) is 4.39 Å². The Balaban J connectivity index is 2.00. The third-order valence-corrected chi connectivity index (χ3v) is 4.59. The number of hydrogen-bond donors (Lipinski definition) is 0. The van der Waals surface area contributed by atoms with E-state index in [-0.39, 0.29) is 0 Å². The van der Waals surface area contributed by atoms with E-state index in [2.05, 4.69) is 0 Å². The van der Waals surface area contributed by atoms with E-state index in [1.54, 1.807) is 0 Å². The van der Waals surface area contributed by atoms with Crippen molar-refractivity contribution in [2.24, 2.45) is 17.8 Å². The van der Waals surface area contributed by atoms with Crippen LogP contribution in [0.25, 0.3) is 0 Å². The van der Waals surface area contributed by atoms with Crippen LogP contribution in [-0.4, -0.2) is 10.5 Å². The molecule has 0 aromatic heterocycles. The SMILES string of the molecule is FC12CC3C[C@H](C1)C(=S)[C@@H](C3)C2. The minimum atomic E-state index is -0.807. The smallest absolute Gasteiger partial charge is 0.112 e. The lowest BCUT2D eigenvalue weighted by Gasteiger charge is -2.53. The van der Waals surface area contributed by atoms with Crippen LogP contribution in [0.1, 0.15) is 32.1 Å². The van der Waals surface area contributed by atoms with Gasteiger partial charge in [0.1, 0.15) is 5.67 Å². The van der Waals surface area contributed by atoms with Crippen LogP contribution in [0, 0.1) is 17.8 Å². The fraction of sp³-hybridized carbons (Fsp3) is 0.900. The molecule has 2 unspecified atom stereocenters. The van der Waals surface area contributed by atoms with Crippen molar-refractivity contribution in [2.45, 2.75) is 37.8 Å². The average Bonchev–Trinajstić information content (AvgIpc) is 1.96. The molecule has 0 N–H and O–H groups in total. The Morgan fingerprint density at radius 2 is 1.75 bits per heavy atom. The first-order valence-corrected chi connectivity index (χ1v) is 5.30. The van der Waals surface area contributed by atoms with E-state index in [1.807, 2.05) is 0 Å². The second kappa shape index (κ2) is 2.09. The van der Waals surface area contributed by atoms with Gasteiger partial charge in [-0.05, 0) is 54.7 Å². The van der Waals surface area contributed by atoms with Crippen molar-refractivity contribution in [3.05, 3.63) is 0 Å². The molecule has 4 fully saturated rings. The molecule has 0 aromatic rings. The molecule has 0 nitrogen and oxygen atoms in total. The molecule has 0 radical (unpaired) electrons. The topological polar surface area (TPSA) is 0 Å². The Morgan fingerprint density at radius 1 is 1.17 bits per heavy atom. The number of halogens is 1. The number of thiocarbonyl (C=S) groups is 1. The summed E-state index contributed by atoms with van der Waals surface area (Å²) in [6.45, 7) is 0. The lowest BCUT2D eigenvalue weighted by atomic mass is 9.55. The zero-order valence-electron chi connectivity index (χ0n) is 7.05. The quantitative estimate of drug-likeness (QED) is 0.522. The normalized spacial score (nSPS) is 56.4. The summed E-state index contributed by atoms with van der Waals surface area (Å²) in [5, 5.41) is 0. The molecule has 0 aliphatic heterocycles. The van der Waals surface area contributed by atoms with E-state index in [0.717, 1.165) is 19.3 Å². The monoisotopic (exact) mass is 184 g/mol. The molecular weight excluding hydrogens is 171 g/mol. The van der Waals surface area contributed by atoms with Crippen molar-refractivity contribution in [3.8, 4) is 0 Å². The van der Waals surface area contributed by atoms with E-state index in [0.29, 0.717) is 17.8 Å². The van der Waals surface area contributed by atoms with Gasteiger partial charge in [-0.15, -0.1) is 0 Å². The Labute approximate surface area is 77.5 Å². The highest BCUT2D eigenvalue weighted by molar-refractivity contribution is 7.80. The van der Waals surface area contributed by atoms with Gasteiger partial charge in [0.2, 0.25) is 0 Å². The van der Waals surface area contributed by atoms with Crippen molar-refractivity contribution in [3.63, 3.8) is 0 Å². The molecule has 0 heterocycles. The molecule has 2 heteroatoms. The average molecular weight is 184 g/mol. The minimum Gasteiger partial charge on any atom is -0.244 e. The van der Waals surface area contributed by atoms with Gasteiger partial charge in [0.15, 0.2) is 0 Å². The molecule has 0 saturated heterocycles. The fourth-order valence-electron chi connectivity index (χ4n) is 3.65. The van der Waals surface area contributed by atoms with Gasteiger partial charge < -0.3 is 0 Å². The Kier molecular flexibility index (Phi) is 1.29. The first-order valence-electron chi connectivity index (χ1n) is 4.89. The standard InChI is InChI=1S/C10H13FS/c11-10-3-6-1-7(4-10)9(12)8(2-6)5-10/h6-8H,1-5H2/t6?,7-,8+,10?. The number of rotatable bonds is 0. The van der Waals surface area contributed by atoms with Gasteiger partial charge in [-0.3, -0.25) is 0 Å². The molecule has 12 heavy (non-hydrogen) atoms. The molecule has 0 spiro atoms. The molecule has 4 bridgehead atoms. The largest absolute Gasteiger partial charge is 0.244 e. The number of hydrogen-bond acceptors (Lipinski definition) is 1. The van der Waals surface area contributed by atoms with Crippen molar-refractivity contribution in [1.29, 1.82) is 0 Å². The molecule has 4 aliphatic rings. The Hall–Kier alpha value is 0.0200. The van der Waals surface area contributed by atoms with Crippen molar-refractivity contribution < 1.29 is 4.39 Å². The molecule has 4 aliphatic carbocycles. The van der Waals surface area contributed by atoms with Crippen LogP contribution in [0.2, 0.25) is 0 Å². The van der Waals surface area contributed by atoms with E-state index in [4.69, 9.17) is 12.2 Å². The Morgan fingerprint density at radius 3 is 2.25 bits per heavy atom. The second-order valence-corrected chi connectivity index (χ2v) is 5.37. The summed E-state index contributed by atoms with van der Waals surface area (Å²) in [4.78, 5) is 1.21. The van der Waals surface area contributed by atoms with Gasteiger partial charge in [0, 0.05) is 0 Å². The third-order valence-electron chi connectivity index (χ3n) is 3.92. The molecule has 0 amide bonds. The first kappa shape index (κ1) is 7.43. The van der Waals surface area contributed by atoms with E-state index in [9.17, 15) is 4.39 Å². The summed E-state index contributed by atoms with van der Waals surface area (Å²) < 4.78 is 14.0. The summed E-state index contributed by atoms with van der Waals surface area (Å²) in [5.74, 6) is 1.60. The van der Waals surface area contributed by atoms with Crippen LogP contribution in [0.15, 0.2) is 0 Å². The highest BCUT2D eigenvalue weighted by Crippen LogP contribution is 2.56. The summed E-state index contributed by atoms with van der Waals surface area (Å²) >= 11 is 5.36. The van der Waals surface area contributed by atoms with Gasteiger partial charge >= 0.3 is 0 Å². The molecule has 66 valence electrons.